The Labute approximate surface area is 196 Å². The molecule has 2 aliphatic rings. The van der Waals surface area contributed by atoms with Gasteiger partial charge in [0.05, 0.1) is 30.1 Å². The van der Waals surface area contributed by atoms with E-state index in [1.54, 1.807) is 25.9 Å². The fraction of sp³-hybridized carbons (Fsp3) is 0.870. The van der Waals surface area contributed by atoms with Crippen molar-refractivity contribution in [2.24, 2.45) is 11.8 Å². The molecule has 1 amide bonds. The Morgan fingerprint density at radius 1 is 0.939 bits per heavy atom. The van der Waals surface area contributed by atoms with Crippen LogP contribution in [-0.4, -0.2) is 90.3 Å². The Balaban J connectivity index is 0.000000361. The molecule has 192 valence electrons. The Morgan fingerprint density at radius 2 is 1.48 bits per heavy atom. The van der Waals surface area contributed by atoms with Crippen LogP contribution >= 0.6 is 0 Å². The van der Waals surface area contributed by atoms with Gasteiger partial charge in [0.25, 0.3) is 0 Å². The van der Waals surface area contributed by atoms with E-state index in [4.69, 9.17) is 24.4 Å². The number of carbonyl (C=O) groups excluding carboxylic acids is 1. The maximum Gasteiger partial charge on any atom is 0.410 e. The first kappa shape index (κ1) is 29.1. The maximum absolute atomic E-state index is 12.2. The van der Waals surface area contributed by atoms with Crippen LogP contribution in [-0.2, 0) is 23.8 Å². The van der Waals surface area contributed by atoms with Crippen LogP contribution in [0.2, 0.25) is 0 Å². The molecule has 2 rings (SSSR count). The number of carbonyl (C=O) groups is 3. The molecule has 3 N–H and O–H groups in total. The largest absolute Gasteiger partial charge is 0.481 e. The second kappa shape index (κ2) is 13.1. The SMILES string of the molecule is COC(C(C)C(=O)O)C1CCCN1C(=O)OC(C)(C)C.COC(C1CCCN1)C(C)C(=O)O. The monoisotopic (exact) mass is 474 g/mol. The quantitative estimate of drug-likeness (QED) is 0.485. The van der Waals surface area contributed by atoms with Gasteiger partial charge in [-0.1, -0.05) is 0 Å². The fourth-order valence-corrected chi connectivity index (χ4v) is 4.37. The van der Waals surface area contributed by atoms with E-state index < -0.39 is 41.6 Å². The second-order valence-electron chi connectivity index (χ2n) is 9.74. The summed E-state index contributed by atoms with van der Waals surface area (Å²) in [5.74, 6) is -2.83. The molecule has 2 heterocycles. The molecule has 2 fully saturated rings. The number of carboxylic acid groups (broad SMARTS) is 2. The van der Waals surface area contributed by atoms with Crippen LogP contribution in [0.25, 0.3) is 0 Å². The van der Waals surface area contributed by atoms with E-state index in [0.29, 0.717) is 6.54 Å². The molecule has 0 aromatic heterocycles. The minimum absolute atomic E-state index is 0.205. The lowest BCUT2D eigenvalue weighted by Crippen LogP contribution is -2.49. The lowest BCUT2D eigenvalue weighted by atomic mass is 9.96. The normalized spacial score (nSPS) is 24.3. The number of methoxy groups -OCH3 is 2. The molecule has 0 bridgehead atoms. The van der Waals surface area contributed by atoms with Crippen molar-refractivity contribution in [2.75, 3.05) is 27.3 Å². The number of carboxylic acids is 2. The molecule has 2 saturated heterocycles. The van der Waals surface area contributed by atoms with Gasteiger partial charge in [0.1, 0.15) is 5.60 Å². The third-order valence-corrected chi connectivity index (χ3v) is 6.11. The van der Waals surface area contributed by atoms with Crippen molar-refractivity contribution in [3.63, 3.8) is 0 Å². The van der Waals surface area contributed by atoms with Crippen molar-refractivity contribution >= 4 is 18.0 Å². The van der Waals surface area contributed by atoms with Crippen LogP contribution in [0, 0.1) is 11.8 Å². The summed E-state index contributed by atoms with van der Waals surface area (Å²) >= 11 is 0. The molecule has 0 aliphatic carbocycles. The standard InChI is InChI=1S/C14H25NO5.C9H17NO3/c1-9(12(16)17)11(19-5)10-7-6-8-15(10)13(18)20-14(2,3)4;1-6(9(11)12)8(13-2)7-4-3-5-10-7/h9-11H,6-8H2,1-5H3,(H,16,17);6-8,10H,3-5H2,1-2H3,(H,11,12). The Bertz CT molecular complexity index is 645. The topological polar surface area (TPSA) is 135 Å². The van der Waals surface area contributed by atoms with Gasteiger partial charge in [0, 0.05) is 26.8 Å². The van der Waals surface area contributed by atoms with E-state index in [1.165, 1.54) is 7.11 Å². The predicted octanol–water partition coefficient (Wildman–Crippen LogP) is 2.60. The molecule has 10 nitrogen and oxygen atoms in total. The minimum atomic E-state index is -0.923. The molecular weight excluding hydrogens is 432 g/mol. The number of likely N-dealkylation sites (tertiary alicyclic amines) is 1. The zero-order valence-electron chi connectivity index (χ0n) is 21.0. The smallest absolute Gasteiger partial charge is 0.410 e. The average Bonchev–Trinajstić information content (AvgIpc) is 3.40. The van der Waals surface area contributed by atoms with Crippen LogP contribution in [0.1, 0.15) is 60.3 Å². The Hall–Kier alpha value is -1.91. The minimum Gasteiger partial charge on any atom is -0.481 e. The summed E-state index contributed by atoms with van der Waals surface area (Å²) < 4.78 is 15.9. The molecule has 33 heavy (non-hydrogen) atoms. The zero-order chi connectivity index (χ0) is 25.3. The van der Waals surface area contributed by atoms with Crippen molar-refractivity contribution in [1.82, 2.24) is 10.2 Å². The van der Waals surface area contributed by atoms with E-state index in [9.17, 15) is 14.4 Å². The first-order valence-electron chi connectivity index (χ1n) is 11.6. The molecule has 10 heteroatoms. The maximum atomic E-state index is 12.2. The highest BCUT2D eigenvalue weighted by Gasteiger charge is 2.41. The summed E-state index contributed by atoms with van der Waals surface area (Å²) in [6, 6.07) is -0.0444. The van der Waals surface area contributed by atoms with E-state index in [0.717, 1.165) is 32.2 Å². The van der Waals surface area contributed by atoms with Crippen LogP contribution < -0.4 is 5.32 Å². The molecule has 2 aliphatic heterocycles. The molecule has 0 aromatic rings. The molecule has 0 aromatic carbocycles. The summed E-state index contributed by atoms with van der Waals surface area (Å²) in [6.45, 7) is 10.3. The highest BCUT2D eigenvalue weighted by molar-refractivity contribution is 5.72. The number of ether oxygens (including phenoxy) is 3. The highest BCUT2D eigenvalue weighted by atomic mass is 16.6. The Kier molecular flexibility index (Phi) is 11.6. The molecule has 6 atom stereocenters. The van der Waals surface area contributed by atoms with Gasteiger partial charge in [-0.05, 0) is 66.8 Å². The highest BCUT2D eigenvalue weighted by Crippen LogP contribution is 2.28. The number of hydrogen-bond donors (Lipinski definition) is 3. The number of aliphatic carboxylic acids is 2. The molecule has 0 saturated carbocycles. The lowest BCUT2D eigenvalue weighted by molar-refractivity contribution is -0.148. The van der Waals surface area contributed by atoms with Gasteiger partial charge >= 0.3 is 18.0 Å². The summed E-state index contributed by atoms with van der Waals surface area (Å²) in [5.41, 5.74) is -0.564. The van der Waals surface area contributed by atoms with Gasteiger partial charge in [-0.3, -0.25) is 9.59 Å². The van der Waals surface area contributed by atoms with E-state index in [2.05, 4.69) is 5.32 Å². The molecule has 0 radical (unpaired) electrons. The van der Waals surface area contributed by atoms with Gasteiger partial charge < -0.3 is 34.6 Å². The van der Waals surface area contributed by atoms with Gasteiger partial charge in [-0.25, -0.2) is 4.79 Å². The number of nitrogens with one attached hydrogen (secondary N) is 1. The first-order chi connectivity index (χ1) is 15.3. The van der Waals surface area contributed by atoms with Crippen molar-refractivity contribution in [3.8, 4) is 0 Å². The van der Waals surface area contributed by atoms with Crippen LogP contribution in [0.5, 0.6) is 0 Å². The summed E-state index contributed by atoms with van der Waals surface area (Å²) in [4.78, 5) is 35.7. The number of nitrogens with zero attached hydrogens (tertiary/aromatic N) is 1. The molecule has 6 unspecified atom stereocenters. The van der Waals surface area contributed by atoms with Crippen molar-refractivity contribution in [3.05, 3.63) is 0 Å². The van der Waals surface area contributed by atoms with E-state index in [1.807, 2.05) is 20.8 Å². The van der Waals surface area contributed by atoms with Crippen LogP contribution in [0.4, 0.5) is 4.79 Å². The van der Waals surface area contributed by atoms with Crippen molar-refractivity contribution in [2.45, 2.75) is 90.2 Å². The fourth-order valence-electron chi connectivity index (χ4n) is 4.37. The first-order valence-corrected chi connectivity index (χ1v) is 11.6. The Morgan fingerprint density at radius 3 is 1.91 bits per heavy atom. The average molecular weight is 475 g/mol. The van der Waals surface area contributed by atoms with Gasteiger partial charge in [-0.15, -0.1) is 0 Å². The van der Waals surface area contributed by atoms with Gasteiger partial charge in [0.2, 0.25) is 0 Å². The number of hydrogen-bond acceptors (Lipinski definition) is 7. The van der Waals surface area contributed by atoms with Crippen molar-refractivity contribution in [1.29, 1.82) is 0 Å². The van der Waals surface area contributed by atoms with Gasteiger partial charge in [0.15, 0.2) is 0 Å². The third-order valence-electron chi connectivity index (χ3n) is 6.11. The zero-order valence-corrected chi connectivity index (χ0v) is 21.0. The molecule has 0 spiro atoms. The predicted molar refractivity (Wildman–Crippen MR) is 122 cm³/mol. The summed E-state index contributed by atoms with van der Waals surface area (Å²) in [5, 5.41) is 21.2. The number of rotatable bonds is 8. The number of amides is 1. The molecular formula is C23H42N2O8. The second-order valence-corrected chi connectivity index (χ2v) is 9.74. The van der Waals surface area contributed by atoms with Gasteiger partial charge in [-0.2, -0.15) is 0 Å². The van der Waals surface area contributed by atoms with Crippen LogP contribution in [0.15, 0.2) is 0 Å². The van der Waals surface area contributed by atoms with Crippen molar-refractivity contribution < 1.29 is 38.8 Å². The third kappa shape index (κ3) is 8.75. The lowest BCUT2D eigenvalue weighted by Gasteiger charge is -2.34. The summed E-state index contributed by atoms with van der Waals surface area (Å²) in [6.07, 6.45) is 2.54. The van der Waals surface area contributed by atoms with E-state index >= 15 is 0 Å². The van der Waals surface area contributed by atoms with E-state index in [-0.39, 0.29) is 18.2 Å². The van der Waals surface area contributed by atoms with Crippen LogP contribution in [0.3, 0.4) is 0 Å². The summed E-state index contributed by atoms with van der Waals surface area (Å²) in [7, 11) is 3.06.